The molecule has 0 spiro atoms. The zero-order valence-electron chi connectivity index (χ0n) is 24.5. The first-order valence-corrected chi connectivity index (χ1v) is 15.8. The molecular formula is C33H41N3O4S. The van der Waals surface area contributed by atoms with Gasteiger partial charge in [-0.3, -0.25) is 13.9 Å². The summed E-state index contributed by atoms with van der Waals surface area (Å²) in [6.07, 6.45) is 4.44. The van der Waals surface area contributed by atoms with Gasteiger partial charge < -0.3 is 10.2 Å². The zero-order valence-corrected chi connectivity index (χ0v) is 25.3. The molecule has 0 radical (unpaired) electrons. The molecule has 8 heteroatoms. The van der Waals surface area contributed by atoms with Gasteiger partial charge in [0, 0.05) is 12.6 Å². The first-order valence-electron chi connectivity index (χ1n) is 14.4. The van der Waals surface area contributed by atoms with Crippen molar-refractivity contribution in [1.29, 1.82) is 0 Å². The number of anilines is 1. The third kappa shape index (κ3) is 7.36. The quantitative estimate of drug-likeness (QED) is 0.319. The summed E-state index contributed by atoms with van der Waals surface area (Å²) in [5.41, 5.74) is 4.14. The van der Waals surface area contributed by atoms with Gasteiger partial charge in [-0.2, -0.15) is 0 Å². The Kier molecular flexibility index (Phi) is 9.86. The number of sulfonamides is 1. The molecule has 218 valence electrons. The van der Waals surface area contributed by atoms with Crippen LogP contribution < -0.4 is 9.62 Å². The predicted octanol–water partition coefficient (Wildman–Crippen LogP) is 5.67. The van der Waals surface area contributed by atoms with E-state index in [0.717, 1.165) is 47.9 Å². The highest BCUT2D eigenvalue weighted by Crippen LogP contribution is 2.28. The van der Waals surface area contributed by atoms with E-state index in [1.54, 1.807) is 29.2 Å². The van der Waals surface area contributed by atoms with Crippen LogP contribution in [0, 0.1) is 20.8 Å². The first-order chi connectivity index (χ1) is 19.6. The Hall–Kier alpha value is -3.65. The lowest BCUT2D eigenvalue weighted by atomic mass is 10.1. The maximum atomic E-state index is 14.2. The Morgan fingerprint density at radius 1 is 0.902 bits per heavy atom. The molecule has 1 N–H and O–H groups in total. The van der Waals surface area contributed by atoms with Crippen LogP contribution in [0.3, 0.4) is 0 Å². The molecule has 1 aliphatic carbocycles. The van der Waals surface area contributed by atoms with Crippen LogP contribution >= 0.6 is 0 Å². The Bertz CT molecular complexity index is 1450. The SMILES string of the molecule is CCC(C(=O)NC1CCCC1)N(Cc1ccc(C)cc1)C(=O)CN(c1ccc(C)cc1C)S(=O)(=O)c1ccccc1. The minimum Gasteiger partial charge on any atom is -0.352 e. The highest BCUT2D eigenvalue weighted by Gasteiger charge is 2.35. The summed E-state index contributed by atoms with van der Waals surface area (Å²) in [5, 5.41) is 3.15. The van der Waals surface area contributed by atoms with Gasteiger partial charge in [-0.1, -0.05) is 85.5 Å². The number of nitrogens with one attached hydrogen (secondary N) is 1. The van der Waals surface area contributed by atoms with Crippen molar-refractivity contribution in [3.05, 3.63) is 95.1 Å². The van der Waals surface area contributed by atoms with Crippen molar-refractivity contribution in [3.8, 4) is 0 Å². The van der Waals surface area contributed by atoms with Crippen LogP contribution in [0.25, 0.3) is 0 Å². The number of benzene rings is 3. The van der Waals surface area contributed by atoms with Crippen LogP contribution in [-0.2, 0) is 26.2 Å². The molecule has 0 saturated heterocycles. The van der Waals surface area contributed by atoms with Crippen LogP contribution in [0.1, 0.15) is 61.3 Å². The van der Waals surface area contributed by atoms with Gasteiger partial charge in [0.25, 0.3) is 10.0 Å². The lowest BCUT2D eigenvalue weighted by Gasteiger charge is -2.34. The number of amides is 2. The molecule has 0 bridgehead atoms. The van der Waals surface area contributed by atoms with E-state index < -0.39 is 28.5 Å². The molecule has 7 nitrogen and oxygen atoms in total. The van der Waals surface area contributed by atoms with Gasteiger partial charge in [0.1, 0.15) is 12.6 Å². The third-order valence-corrected chi connectivity index (χ3v) is 9.57. The summed E-state index contributed by atoms with van der Waals surface area (Å²) in [6, 6.07) is 20.8. The molecule has 41 heavy (non-hydrogen) atoms. The molecule has 4 rings (SSSR count). The minimum atomic E-state index is -4.08. The van der Waals surface area contributed by atoms with E-state index in [2.05, 4.69) is 5.32 Å². The second-order valence-electron chi connectivity index (χ2n) is 11.0. The second-order valence-corrected chi connectivity index (χ2v) is 12.9. The fourth-order valence-electron chi connectivity index (χ4n) is 5.50. The summed E-state index contributed by atoms with van der Waals surface area (Å²) in [7, 11) is -4.08. The number of rotatable bonds is 11. The van der Waals surface area contributed by atoms with E-state index in [9.17, 15) is 18.0 Å². The number of nitrogens with zero attached hydrogens (tertiary/aromatic N) is 2. The smallest absolute Gasteiger partial charge is 0.264 e. The third-order valence-electron chi connectivity index (χ3n) is 7.79. The largest absolute Gasteiger partial charge is 0.352 e. The molecule has 0 heterocycles. The van der Waals surface area contributed by atoms with Gasteiger partial charge in [-0.05, 0) is 69.4 Å². The Morgan fingerprint density at radius 3 is 2.15 bits per heavy atom. The highest BCUT2D eigenvalue weighted by molar-refractivity contribution is 7.92. The molecule has 1 atom stereocenters. The van der Waals surface area contributed by atoms with Gasteiger partial charge >= 0.3 is 0 Å². The predicted molar refractivity (Wildman–Crippen MR) is 163 cm³/mol. The summed E-state index contributed by atoms with van der Waals surface area (Å²) in [6.45, 7) is 7.43. The van der Waals surface area contributed by atoms with Crippen LogP contribution in [0.15, 0.2) is 77.7 Å². The Balaban J connectivity index is 1.72. The van der Waals surface area contributed by atoms with Gasteiger partial charge in [-0.25, -0.2) is 8.42 Å². The van der Waals surface area contributed by atoms with E-state index in [1.165, 1.54) is 16.4 Å². The molecule has 1 unspecified atom stereocenters. The summed E-state index contributed by atoms with van der Waals surface area (Å²) >= 11 is 0. The van der Waals surface area contributed by atoms with Crippen molar-refractivity contribution in [2.24, 2.45) is 0 Å². The zero-order chi connectivity index (χ0) is 29.6. The molecule has 3 aromatic carbocycles. The maximum Gasteiger partial charge on any atom is 0.264 e. The van der Waals surface area contributed by atoms with E-state index in [-0.39, 0.29) is 23.4 Å². The number of carbonyl (C=O) groups excluding carboxylic acids is 2. The first kappa shape index (κ1) is 30.3. The van der Waals surface area contributed by atoms with Crippen LogP contribution in [0.4, 0.5) is 5.69 Å². The van der Waals surface area contributed by atoms with E-state index in [0.29, 0.717) is 12.1 Å². The number of aryl methyl sites for hydroxylation is 3. The van der Waals surface area contributed by atoms with Crippen molar-refractivity contribution in [3.63, 3.8) is 0 Å². The van der Waals surface area contributed by atoms with E-state index in [1.807, 2.05) is 64.1 Å². The fourth-order valence-corrected chi connectivity index (χ4v) is 7.00. The van der Waals surface area contributed by atoms with Crippen molar-refractivity contribution in [1.82, 2.24) is 10.2 Å². The topological polar surface area (TPSA) is 86.8 Å². The van der Waals surface area contributed by atoms with Gasteiger partial charge in [0.05, 0.1) is 10.6 Å². The van der Waals surface area contributed by atoms with Crippen molar-refractivity contribution in [2.75, 3.05) is 10.8 Å². The molecular weight excluding hydrogens is 534 g/mol. The van der Waals surface area contributed by atoms with Crippen LogP contribution in [-0.4, -0.2) is 43.8 Å². The van der Waals surface area contributed by atoms with Crippen molar-refractivity contribution in [2.45, 2.75) is 83.3 Å². The lowest BCUT2D eigenvalue weighted by molar-refractivity contribution is -0.140. The molecule has 0 aliphatic heterocycles. The minimum absolute atomic E-state index is 0.101. The van der Waals surface area contributed by atoms with Gasteiger partial charge in [-0.15, -0.1) is 0 Å². The van der Waals surface area contributed by atoms with Crippen LogP contribution in [0.5, 0.6) is 0 Å². The molecule has 2 amide bonds. The second kappa shape index (κ2) is 13.3. The standard InChI is InChI=1S/C33H41N3O4S/c1-5-30(33(38)34-28-11-9-10-12-28)35(22-27-18-15-24(2)16-19-27)32(37)23-36(31-20-17-25(3)21-26(31)4)41(39,40)29-13-7-6-8-14-29/h6-8,13-21,28,30H,5,9-12,22-23H2,1-4H3,(H,34,38). The molecule has 1 fully saturated rings. The van der Waals surface area contributed by atoms with Crippen LogP contribution in [0.2, 0.25) is 0 Å². The summed E-state index contributed by atoms with van der Waals surface area (Å²) < 4.78 is 29.2. The van der Waals surface area contributed by atoms with E-state index in [4.69, 9.17) is 0 Å². The fraction of sp³-hybridized carbons (Fsp3) is 0.394. The highest BCUT2D eigenvalue weighted by atomic mass is 32.2. The number of carbonyl (C=O) groups is 2. The maximum absolute atomic E-state index is 14.2. The van der Waals surface area contributed by atoms with E-state index >= 15 is 0 Å². The average molecular weight is 576 g/mol. The number of hydrogen-bond acceptors (Lipinski definition) is 4. The van der Waals surface area contributed by atoms with Crippen molar-refractivity contribution >= 4 is 27.5 Å². The number of hydrogen-bond donors (Lipinski definition) is 1. The molecule has 1 saturated carbocycles. The lowest BCUT2D eigenvalue weighted by Crippen LogP contribution is -2.53. The summed E-state index contributed by atoms with van der Waals surface area (Å²) in [4.78, 5) is 29.4. The molecule has 3 aromatic rings. The Morgan fingerprint density at radius 2 is 1.54 bits per heavy atom. The monoisotopic (exact) mass is 575 g/mol. The average Bonchev–Trinajstić information content (AvgIpc) is 3.46. The van der Waals surface area contributed by atoms with Gasteiger partial charge in [0.2, 0.25) is 11.8 Å². The Labute approximate surface area is 244 Å². The molecule has 1 aliphatic rings. The normalized spacial score (nSPS) is 14.4. The van der Waals surface area contributed by atoms with Gasteiger partial charge in [0.15, 0.2) is 0 Å². The molecule has 0 aromatic heterocycles. The van der Waals surface area contributed by atoms with Crippen molar-refractivity contribution < 1.29 is 18.0 Å². The summed E-state index contributed by atoms with van der Waals surface area (Å²) in [5.74, 6) is -0.623.